The minimum absolute atomic E-state index is 0.0225. The van der Waals surface area contributed by atoms with Crippen molar-refractivity contribution in [1.29, 1.82) is 0 Å². The lowest BCUT2D eigenvalue weighted by molar-refractivity contribution is -0.137. The standard InChI is InChI=1S/C22H17F3N6O2S/c1-3-34(32,33)21-17(19-28-16-11-14(22(23,24)25)12-26-18(16)30(19)2)20-27-15(9-10-31(20)29-21)13-7-5-4-6-8-13/h4-12H,3H2,1-2H3. The molecule has 0 fully saturated rings. The van der Waals surface area contributed by atoms with Gasteiger partial charge in [0.2, 0.25) is 0 Å². The molecule has 0 amide bonds. The maximum Gasteiger partial charge on any atom is 0.417 e. The fraction of sp³-hybridized carbons (Fsp3) is 0.182. The second kappa shape index (κ2) is 7.62. The number of halogens is 3. The molecule has 12 heteroatoms. The molecule has 0 unspecified atom stereocenters. The molecular weight excluding hydrogens is 469 g/mol. The van der Waals surface area contributed by atoms with Gasteiger partial charge in [-0.25, -0.2) is 27.9 Å². The summed E-state index contributed by atoms with van der Waals surface area (Å²) in [5.41, 5.74) is 0.892. The number of rotatable bonds is 4. The van der Waals surface area contributed by atoms with Gasteiger partial charge < -0.3 is 4.57 Å². The average Bonchev–Trinajstić information content (AvgIpc) is 3.36. The van der Waals surface area contributed by atoms with E-state index >= 15 is 0 Å². The molecule has 0 atom stereocenters. The Morgan fingerprint density at radius 3 is 2.44 bits per heavy atom. The molecule has 0 N–H and O–H groups in total. The summed E-state index contributed by atoms with van der Waals surface area (Å²) in [6.07, 6.45) is -2.28. The van der Waals surface area contributed by atoms with Gasteiger partial charge in [-0.3, -0.25) is 0 Å². The largest absolute Gasteiger partial charge is 0.417 e. The molecule has 8 nitrogen and oxygen atoms in total. The number of aryl methyl sites for hydroxylation is 1. The fourth-order valence-corrected chi connectivity index (χ4v) is 4.66. The highest BCUT2D eigenvalue weighted by Gasteiger charge is 2.33. The van der Waals surface area contributed by atoms with Gasteiger partial charge in [0.05, 0.1) is 17.0 Å². The van der Waals surface area contributed by atoms with Crippen molar-refractivity contribution >= 4 is 26.6 Å². The zero-order chi connectivity index (χ0) is 24.3. The smallest absolute Gasteiger partial charge is 0.312 e. The summed E-state index contributed by atoms with van der Waals surface area (Å²) in [6, 6.07) is 11.9. The van der Waals surface area contributed by atoms with Gasteiger partial charge in [-0.15, -0.1) is 0 Å². The Morgan fingerprint density at radius 1 is 1.03 bits per heavy atom. The molecule has 0 bridgehead atoms. The Balaban J connectivity index is 1.83. The van der Waals surface area contributed by atoms with Gasteiger partial charge in [0, 0.05) is 25.0 Å². The number of imidazole rings is 1. The summed E-state index contributed by atoms with van der Waals surface area (Å²) >= 11 is 0. The van der Waals surface area contributed by atoms with E-state index in [4.69, 9.17) is 0 Å². The number of alkyl halides is 3. The van der Waals surface area contributed by atoms with Crippen LogP contribution in [0.2, 0.25) is 0 Å². The molecule has 0 saturated heterocycles. The second-order valence-corrected chi connectivity index (χ2v) is 9.78. The summed E-state index contributed by atoms with van der Waals surface area (Å²) in [6.45, 7) is 1.48. The van der Waals surface area contributed by atoms with E-state index in [1.54, 1.807) is 19.3 Å². The molecule has 34 heavy (non-hydrogen) atoms. The van der Waals surface area contributed by atoms with E-state index in [9.17, 15) is 21.6 Å². The first-order valence-electron chi connectivity index (χ1n) is 10.2. The lowest BCUT2D eigenvalue weighted by Crippen LogP contribution is -2.07. The highest BCUT2D eigenvalue weighted by Crippen LogP contribution is 2.35. The van der Waals surface area contributed by atoms with Crippen LogP contribution in [0.25, 0.3) is 39.5 Å². The number of benzene rings is 1. The first kappa shape index (κ1) is 22.0. The Labute approximate surface area is 191 Å². The van der Waals surface area contributed by atoms with Crippen LogP contribution in [0.15, 0.2) is 59.9 Å². The first-order chi connectivity index (χ1) is 16.1. The van der Waals surface area contributed by atoms with Crippen molar-refractivity contribution in [3.63, 3.8) is 0 Å². The molecule has 0 aliphatic heterocycles. The summed E-state index contributed by atoms with van der Waals surface area (Å²) in [4.78, 5) is 12.9. The molecule has 0 radical (unpaired) electrons. The fourth-order valence-electron chi connectivity index (χ4n) is 3.68. The number of hydrogen-bond acceptors (Lipinski definition) is 6. The normalized spacial score (nSPS) is 12.6. The van der Waals surface area contributed by atoms with Gasteiger partial charge in [-0.05, 0) is 12.1 Å². The molecule has 4 heterocycles. The molecular formula is C22H17F3N6O2S. The van der Waals surface area contributed by atoms with Crippen LogP contribution in [-0.2, 0) is 23.1 Å². The molecule has 174 valence electrons. The number of sulfone groups is 1. The second-order valence-electron chi connectivity index (χ2n) is 7.59. The van der Waals surface area contributed by atoms with Crippen molar-refractivity contribution < 1.29 is 21.6 Å². The summed E-state index contributed by atoms with van der Waals surface area (Å²) in [5.74, 6) is -0.128. The average molecular weight is 486 g/mol. The molecule has 0 aliphatic rings. The minimum Gasteiger partial charge on any atom is -0.312 e. The monoisotopic (exact) mass is 486 g/mol. The van der Waals surface area contributed by atoms with Crippen LogP contribution in [0, 0.1) is 0 Å². The Hall–Kier alpha value is -3.80. The van der Waals surface area contributed by atoms with Gasteiger partial charge in [0.1, 0.15) is 16.9 Å². The first-order valence-corrected chi connectivity index (χ1v) is 11.8. The third-order valence-electron chi connectivity index (χ3n) is 5.46. The maximum absolute atomic E-state index is 13.2. The third kappa shape index (κ3) is 3.50. The van der Waals surface area contributed by atoms with Crippen molar-refractivity contribution in [1.82, 2.24) is 29.1 Å². The predicted octanol–water partition coefficient (Wildman–Crippen LogP) is 4.16. The maximum atomic E-state index is 13.2. The number of aromatic nitrogens is 6. The van der Waals surface area contributed by atoms with E-state index in [1.165, 1.54) is 16.0 Å². The van der Waals surface area contributed by atoms with Gasteiger partial charge in [0.15, 0.2) is 26.2 Å². The third-order valence-corrected chi connectivity index (χ3v) is 7.09. The van der Waals surface area contributed by atoms with E-state index < -0.39 is 21.6 Å². The van der Waals surface area contributed by atoms with Crippen LogP contribution in [0.1, 0.15) is 12.5 Å². The number of nitrogens with zero attached hydrogens (tertiary/aromatic N) is 6. The van der Waals surface area contributed by atoms with Crippen molar-refractivity contribution in [2.24, 2.45) is 7.05 Å². The zero-order valence-electron chi connectivity index (χ0n) is 17.9. The summed E-state index contributed by atoms with van der Waals surface area (Å²) in [7, 11) is -2.27. The van der Waals surface area contributed by atoms with Gasteiger partial charge in [0.25, 0.3) is 0 Å². The van der Waals surface area contributed by atoms with Crippen molar-refractivity contribution in [3.8, 4) is 22.6 Å². The molecule has 0 spiro atoms. The lowest BCUT2D eigenvalue weighted by atomic mass is 10.1. The van der Waals surface area contributed by atoms with Crippen molar-refractivity contribution in [2.75, 3.05) is 5.75 Å². The zero-order valence-corrected chi connectivity index (χ0v) is 18.8. The molecule has 5 rings (SSSR count). The van der Waals surface area contributed by atoms with Crippen LogP contribution < -0.4 is 0 Å². The predicted molar refractivity (Wildman–Crippen MR) is 119 cm³/mol. The van der Waals surface area contributed by atoms with Gasteiger partial charge >= 0.3 is 6.18 Å². The van der Waals surface area contributed by atoms with E-state index in [-0.39, 0.29) is 39.0 Å². The molecule has 1 aromatic carbocycles. The van der Waals surface area contributed by atoms with Crippen LogP contribution in [0.3, 0.4) is 0 Å². The minimum atomic E-state index is -4.59. The van der Waals surface area contributed by atoms with Gasteiger partial charge in [-0.1, -0.05) is 37.3 Å². The molecule has 0 saturated carbocycles. The highest BCUT2D eigenvalue weighted by molar-refractivity contribution is 7.91. The van der Waals surface area contributed by atoms with Crippen LogP contribution in [-0.4, -0.2) is 43.3 Å². The molecule has 4 aromatic heterocycles. The van der Waals surface area contributed by atoms with Crippen molar-refractivity contribution in [3.05, 3.63) is 60.4 Å². The summed E-state index contributed by atoms with van der Waals surface area (Å²) in [5, 5.41) is 4.00. The lowest BCUT2D eigenvalue weighted by Gasteiger charge is -2.05. The SMILES string of the molecule is CCS(=O)(=O)c1nn2ccc(-c3ccccc3)nc2c1-c1nc2cc(C(F)(F)F)cnc2n1C. The van der Waals surface area contributed by atoms with Crippen LogP contribution in [0.4, 0.5) is 13.2 Å². The quantitative estimate of drug-likeness (QED) is 0.379. The van der Waals surface area contributed by atoms with Crippen molar-refractivity contribution in [2.45, 2.75) is 18.1 Å². The van der Waals surface area contributed by atoms with E-state index in [1.807, 2.05) is 30.3 Å². The number of hydrogen-bond donors (Lipinski definition) is 0. The van der Waals surface area contributed by atoms with E-state index in [0.29, 0.717) is 5.69 Å². The molecule has 5 aromatic rings. The summed E-state index contributed by atoms with van der Waals surface area (Å²) < 4.78 is 68.2. The van der Waals surface area contributed by atoms with Gasteiger partial charge in [-0.2, -0.15) is 18.3 Å². The van der Waals surface area contributed by atoms with Crippen LogP contribution >= 0.6 is 0 Å². The van der Waals surface area contributed by atoms with E-state index in [0.717, 1.165) is 17.8 Å². The highest BCUT2D eigenvalue weighted by atomic mass is 32.2. The number of fused-ring (bicyclic) bond motifs is 2. The Morgan fingerprint density at radius 2 is 1.76 bits per heavy atom. The number of pyridine rings is 1. The molecule has 0 aliphatic carbocycles. The van der Waals surface area contributed by atoms with E-state index in [2.05, 4.69) is 20.1 Å². The Kier molecular flexibility index (Phi) is 4.93. The topological polar surface area (TPSA) is 95.0 Å². The Bertz CT molecular complexity index is 1660. The van der Waals surface area contributed by atoms with Crippen LogP contribution in [0.5, 0.6) is 0 Å².